The molecule has 2 atom stereocenters. The van der Waals surface area contributed by atoms with E-state index in [1.54, 1.807) is 17.9 Å². The van der Waals surface area contributed by atoms with E-state index < -0.39 is 6.10 Å². The Morgan fingerprint density at radius 1 is 1.55 bits per heavy atom. The molecule has 2 N–H and O–H groups in total. The highest BCUT2D eigenvalue weighted by Gasteiger charge is 2.28. The largest absolute Gasteiger partial charge is 0.393 e. The maximum absolute atomic E-state index is 12.0. The van der Waals surface area contributed by atoms with Crippen molar-refractivity contribution in [3.63, 3.8) is 0 Å². The van der Waals surface area contributed by atoms with Crippen LogP contribution in [0, 0.1) is 12.8 Å². The summed E-state index contributed by atoms with van der Waals surface area (Å²) in [7, 11) is 0. The van der Waals surface area contributed by atoms with Gasteiger partial charge >= 0.3 is 0 Å². The molecule has 0 saturated carbocycles. The molecular weight excluding hydrogens is 276 g/mol. The maximum atomic E-state index is 12.0. The minimum atomic E-state index is -0.392. The van der Waals surface area contributed by atoms with E-state index >= 15 is 0 Å². The predicted octanol–water partition coefficient (Wildman–Crippen LogP) is 1.02. The summed E-state index contributed by atoms with van der Waals surface area (Å²) in [6.07, 6.45) is 0.429. The number of carbonyl (C=O) groups is 2. The fourth-order valence-electron chi connectivity index (χ4n) is 2.32. The summed E-state index contributed by atoms with van der Waals surface area (Å²) in [6, 6.07) is 3.65. The Hall–Kier alpha value is -1.40. The third kappa shape index (κ3) is 3.58. The number of nitrogens with zero attached hydrogens (tertiary/aromatic N) is 1. The number of rotatable bonds is 4. The number of nitrogens with one attached hydrogen (secondary N) is 1. The number of thiophene rings is 1. The molecule has 1 aromatic rings. The molecule has 2 amide bonds. The minimum Gasteiger partial charge on any atom is -0.393 e. The molecule has 1 aliphatic heterocycles. The second kappa shape index (κ2) is 6.37. The van der Waals surface area contributed by atoms with Gasteiger partial charge in [-0.3, -0.25) is 9.59 Å². The van der Waals surface area contributed by atoms with Gasteiger partial charge in [0.05, 0.1) is 17.5 Å². The van der Waals surface area contributed by atoms with Gasteiger partial charge in [-0.05, 0) is 32.4 Å². The van der Waals surface area contributed by atoms with Crippen molar-refractivity contribution in [1.29, 1.82) is 0 Å². The number of aliphatic hydroxyl groups is 1. The van der Waals surface area contributed by atoms with Gasteiger partial charge in [-0.25, -0.2) is 0 Å². The first kappa shape index (κ1) is 15.0. The lowest BCUT2D eigenvalue weighted by molar-refractivity contribution is -0.129. The fourth-order valence-corrected chi connectivity index (χ4v) is 3.10. The number of carbonyl (C=O) groups excluding carboxylic acids is 2. The number of aliphatic hydroxyl groups excluding tert-OH is 1. The van der Waals surface area contributed by atoms with Crippen LogP contribution in [0.3, 0.4) is 0 Å². The van der Waals surface area contributed by atoms with Gasteiger partial charge in [-0.15, -0.1) is 11.3 Å². The second-order valence-corrected chi connectivity index (χ2v) is 6.51. The SMILES string of the molecule is Cc1ccc(C(=O)NCC(=O)N2CCC(C(C)O)C2)s1. The molecule has 2 rings (SSSR count). The fraction of sp³-hybridized carbons (Fsp3) is 0.571. The number of hydrogen-bond acceptors (Lipinski definition) is 4. The van der Waals surface area contributed by atoms with Gasteiger partial charge in [0.15, 0.2) is 0 Å². The molecule has 110 valence electrons. The van der Waals surface area contributed by atoms with Crippen molar-refractivity contribution in [2.45, 2.75) is 26.4 Å². The van der Waals surface area contributed by atoms with E-state index in [9.17, 15) is 14.7 Å². The van der Waals surface area contributed by atoms with Crippen molar-refractivity contribution in [3.05, 3.63) is 21.9 Å². The molecular formula is C14H20N2O3S. The summed E-state index contributed by atoms with van der Waals surface area (Å²) in [5, 5.41) is 12.2. The topological polar surface area (TPSA) is 69.6 Å². The molecule has 1 saturated heterocycles. The Morgan fingerprint density at radius 3 is 2.85 bits per heavy atom. The molecule has 0 radical (unpaired) electrons. The van der Waals surface area contributed by atoms with Crippen LogP contribution in [0.2, 0.25) is 0 Å². The van der Waals surface area contributed by atoms with Crippen molar-refractivity contribution >= 4 is 23.2 Å². The van der Waals surface area contributed by atoms with E-state index in [1.807, 2.05) is 13.0 Å². The summed E-state index contributed by atoms with van der Waals surface area (Å²) in [5.41, 5.74) is 0. The van der Waals surface area contributed by atoms with Gasteiger partial charge < -0.3 is 15.3 Å². The van der Waals surface area contributed by atoms with E-state index in [0.29, 0.717) is 18.0 Å². The Labute approximate surface area is 122 Å². The van der Waals surface area contributed by atoms with Gasteiger partial charge in [0.2, 0.25) is 5.91 Å². The van der Waals surface area contributed by atoms with Crippen LogP contribution in [0.1, 0.15) is 27.9 Å². The van der Waals surface area contributed by atoms with Crippen molar-refractivity contribution in [2.75, 3.05) is 19.6 Å². The molecule has 1 aromatic heterocycles. The lowest BCUT2D eigenvalue weighted by Gasteiger charge is -2.17. The van der Waals surface area contributed by atoms with E-state index in [0.717, 1.165) is 11.3 Å². The van der Waals surface area contributed by atoms with Gasteiger partial charge in [-0.2, -0.15) is 0 Å². The number of hydrogen-bond donors (Lipinski definition) is 2. The highest BCUT2D eigenvalue weighted by Crippen LogP contribution is 2.19. The first-order valence-corrected chi connectivity index (χ1v) is 7.59. The van der Waals surface area contributed by atoms with E-state index in [-0.39, 0.29) is 24.3 Å². The molecule has 2 heterocycles. The predicted molar refractivity (Wildman–Crippen MR) is 77.8 cm³/mol. The van der Waals surface area contributed by atoms with E-state index in [4.69, 9.17) is 0 Å². The van der Waals surface area contributed by atoms with Crippen molar-refractivity contribution < 1.29 is 14.7 Å². The Kier molecular flexibility index (Phi) is 4.77. The van der Waals surface area contributed by atoms with Crippen molar-refractivity contribution in [3.8, 4) is 0 Å². The van der Waals surface area contributed by atoms with Crippen LogP contribution >= 0.6 is 11.3 Å². The standard InChI is InChI=1S/C14H20N2O3S/c1-9-3-4-12(20-9)14(19)15-7-13(18)16-6-5-11(8-16)10(2)17/h3-4,10-11,17H,5-8H2,1-2H3,(H,15,19). The highest BCUT2D eigenvalue weighted by atomic mass is 32.1. The average Bonchev–Trinajstić information content (AvgIpc) is 3.04. The minimum absolute atomic E-state index is 0.0162. The third-order valence-electron chi connectivity index (χ3n) is 3.62. The quantitative estimate of drug-likeness (QED) is 0.871. The number of likely N-dealkylation sites (tertiary alicyclic amines) is 1. The van der Waals surface area contributed by atoms with Crippen molar-refractivity contribution in [1.82, 2.24) is 10.2 Å². The normalized spacial score (nSPS) is 19.9. The van der Waals surface area contributed by atoms with Gasteiger partial charge in [-0.1, -0.05) is 0 Å². The molecule has 5 nitrogen and oxygen atoms in total. The van der Waals surface area contributed by atoms with Gasteiger partial charge in [0, 0.05) is 23.9 Å². The highest BCUT2D eigenvalue weighted by molar-refractivity contribution is 7.13. The molecule has 0 aliphatic carbocycles. The molecule has 6 heteroatoms. The first-order chi connectivity index (χ1) is 9.47. The van der Waals surface area contributed by atoms with Crippen LogP contribution in [0.25, 0.3) is 0 Å². The zero-order valence-electron chi connectivity index (χ0n) is 11.8. The van der Waals surface area contributed by atoms with Crippen LogP contribution in [0.15, 0.2) is 12.1 Å². The molecule has 2 unspecified atom stereocenters. The van der Waals surface area contributed by atoms with Crippen LogP contribution < -0.4 is 5.32 Å². The summed E-state index contributed by atoms with van der Waals surface area (Å²) in [4.78, 5) is 27.2. The van der Waals surface area contributed by atoms with E-state index in [1.165, 1.54) is 11.3 Å². The summed E-state index contributed by atoms with van der Waals surface area (Å²) in [5.74, 6) is -0.146. The van der Waals surface area contributed by atoms with Gasteiger partial charge in [0.25, 0.3) is 5.91 Å². The van der Waals surface area contributed by atoms with Crippen LogP contribution in [0.4, 0.5) is 0 Å². The molecule has 0 aromatic carbocycles. The van der Waals surface area contributed by atoms with Gasteiger partial charge in [0.1, 0.15) is 0 Å². The lowest BCUT2D eigenvalue weighted by atomic mass is 10.0. The molecule has 1 fully saturated rings. The second-order valence-electron chi connectivity index (χ2n) is 5.22. The molecule has 1 aliphatic rings. The number of amides is 2. The summed E-state index contributed by atoms with van der Waals surface area (Å²) >= 11 is 1.41. The van der Waals surface area contributed by atoms with Crippen molar-refractivity contribution in [2.24, 2.45) is 5.92 Å². The van der Waals surface area contributed by atoms with E-state index in [2.05, 4.69) is 5.32 Å². The van der Waals surface area contributed by atoms with Crippen LogP contribution in [0.5, 0.6) is 0 Å². The third-order valence-corrected chi connectivity index (χ3v) is 4.62. The zero-order chi connectivity index (χ0) is 14.7. The monoisotopic (exact) mass is 296 g/mol. The average molecular weight is 296 g/mol. The van der Waals surface area contributed by atoms with Crippen LogP contribution in [-0.4, -0.2) is 47.6 Å². The molecule has 0 bridgehead atoms. The Morgan fingerprint density at radius 2 is 2.30 bits per heavy atom. The summed E-state index contributed by atoms with van der Waals surface area (Å²) < 4.78 is 0. The maximum Gasteiger partial charge on any atom is 0.261 e. The Balaban J connectivity index is 1.80. The smallest absolute Gasteiger partial charge is 0.261 e. The first-order valence-electron chi connectivity index (χ1n) is 6.78. The molecule has 0 spiro atoms. The van der Waals surface area contributed by atoms with Crippen LogP contribution in [-0.2, 0) is 4.79 Å². The number of aryl methyl sites for hydroxylation is 1. The summed E-state index contributed by atoms with van der Waals surface area (Å²) in [6.45, 7) is 4.93. The zero-order valence-corrected chi connectivity index (χ0v) is 12.6. The lowest BCUT2D eigenvalue weighted by Crippen LogP contribution is -2.39. The Bertz CT molecular complexity index is 498. The molecule has 20 heavy (non-hydrogen) atoms.